The van der Waals surface area contributed by atoms with Crippen LogP contribution in [-0.4, -0.2) is 78.4 Å². The summed E-state index contributed by atoms with van der Waals surface area (Å²) < 4.78 is 27.8. The number of hydrogen-bond acceptors (Lipinski definition) is 5. The average molecular weight is 404 g/mol. The molecule has 1 atom stereocenters. The maximum absolute atomic E-state index is 13.1. The number of amides is 1. The molecule has 0 saturated carbocycles. The topological polar surface area (TPSA) is 89.6 Å². The second-order valence-electron chi connectivity index (χ2n) is 7.65. The van der Waals surface area contributed by atoms with Crippen LogP contribution in [0.1, 0.15) is 28.0 Å². The van der Waals surface area contributed by atoms with E-state index in [1.165, 1.54) is 0 Å². The van der Waals surface area contributed by atoms with Gasteiger partial charge in [-0.15, -0.1) is 0 Å². The molecule has 1 N–H and O–H groups in total. The smallest absolute Gasteiger partial charge is 0.272 e. The molecule has 150 valence electrons. The first-order valence-electron chi connectivity index (χ1n) is 9.43. The molecule has 1 saturated heterocycles. The minimum atomic E-state index is -3.53. The molecule has 0 radical (unpaired) electrons. The predicted octanol–water partition coefficient (Wildman–Crippen LogP) is 0.933. The van der Waals surface area contributed by atoms with Gasteiger partial charge in [0.25, 0.3) is 5.91 Å². The number of rotatable bonds is 4. The van der Waals surface area contributed by atoms with E-state index in [1.54, 1.807) is 33.6 Å². The standard InChI is InChI=1S/C19H25N5O3S/c1-22(2)16-7-10-24(13-16)28(26,27)17-4-3-14-6-9-23(12-15(14)11-17)19(25)18-5-8-20-21-18/h3-5,8,11,16H,6-7,9-10,12-13H2,1-2H3,(H,20,21). The van der Waals surface area contributed by atoms with Gasteiger partial charge >= 0.3 is 0 Å². The second-order valence-corrected chi connectivity index (χ2v) is 9.58. The van der Waals surface area contributed by atoms with Crippen molar-refractivity contribution in [2.75, 3.05) is 33.7 Å². The van der Waals surface area contributed by atoms with Crippen LogP contribution in [0.25, 0.3) is 0 Å². The fourth-order valence-electron chi connectivity index (χ4n) is 3.91. The summed E-state index contributed by atoms with van der Waals surface area (Å²) in [6, 6.07) is 7.21. The zero-order chi connectivity index (χ0) is 19.9. The molecule has 1 fully saturated rings. The van der Waals surface area contributed by atoms with Gasteiger partial charge in [-0.05, 0) is 56.3 Å². The molecule has 2 aliphatic rings. The van der Waals surface area contributed by atoms with Crippen molar-refractivity contribution in [3.05, 3.63) is 47.3 Å². The molecular weight excluding hydrogens is 378 g/mol. The van der Waals surface area contributed by atoms with E-state index in [0.717, 1.165) is 17.5 Å². The monoisotopic (exact) mass is 403 g/mol. The number of nitrogens with one attached hydrogen (secondary N) is 1. The summed E-state index contributed by atoms with van der Waals surface area (Å²) in [7, 11) is 0.422. The molecule has 9 heteroatoms. The maximum atomic E-state index is 13.1. The molecule has 3 heterocycles. The molecule has 0 aliphatic carbocycles. The predicted molar refractivity (Wildman–Crippen MR) is 104 cm³/mol. The van der Waals surface area contributed by atoms with Crippen LogP contribution < -0.4 is 0 Å². The summed E-state index contributed by atoms with van der Waals surface area (Å²) in [6.07, 6.45) is 3.10. The maximum Gasteiger partial charge on any atom is 0.272 e. The Morgan fingerprint density at radius 3 is 2.71 bits per heavy atom. The highest BCUT2D eigenvalue weighted by atomic mass is 32.2. The molecule has 0 bridgehead atoms. The van der Waals surface area contributed by atoms with Crippen LogP contribution in [-0.2, 0) is 23.0 Å². The largest absolute Gasteiger partial charge is 0.333 e. The number of hydrogen-bond donors (Lipinski definition) is 1. The minimum absolute atomic E-state index is 0.121. The number of aromatic amines is 1. The quantitative estimate of drug-likeness (QED) is 0.820. The first kappa shape index (κ1) is 19.1. The molecule has 0 spiro atoms. The third kappa shape index (κ3) is 3.45. The van der Waals surface area contributed by atoms with Gasteiger partial charge in [-0.1, -0.05) is 6.07 Å². The summed E-state index contributed by atoms with van der Waals surface area (Å²) in [5.74, 6) is -0.121. The first-order valence-corrected chi connectivity index (χ1v) is 10.9. The van der Waals surface area contributed by atoms with Crippen LogP contribution in [0.3, 0.4) is 0 Å². The number of H-pyrrole nitrogens is 1. The Labute approximate surface area is 165 Å². The zero-order valence-electron chi connectivity index (χ0n) is 16.1. The highest BCUT2D eigenvalue weighted by Gasteiger charge is 2.34. The van der Waals surface area contributed by atoms with Gasteiger partial charge in [0, 0.05) is 38.4 Å². The Hall–Kier alpha value is -2.23. The highest BCUT2D eigenvalue weighted by molar-refractivity contribution is 7.89. The van der Waals surface area contributed by atoms with Crippen LogP contribution in [0.4, 0.5) is 0 Å². The van der Waals surface area contributed by atoms with E-state index in [0.29, 0.717) is 43.2 Å². The van der Waals surface area contributed by atoms with E-state index in [-0.39, 0.29) is 11.9 Å². The Balaban J connectivity index is 1.56. The van der Waals surface area contributed by atoms with Crippen LogP contribution in [0.2, 0.25) is 0 Å². The summed E-state index contributed by atoms with van der Waals surface area (Å²) >= 11 is 0. The third-order valence-electron chi connectivity index (χ3n) is 5.70. The molecule has 2 aromatic rings. The summed E-state index contributed by atoms with van der Waals surface area (Å²) in [5, 5.41) is 6.53. The van der Waals surface area contributed by atoms with Crippen molar-refractivity contribution in [1.29, 1.82) is 0 Å². The lowest BCUT2D eigenvalue weighted by atomic mass is 9.99. The summed E-state index contributed by atoms with van der Waals surface area (Å²) in [6.45, 7) is 2.05. The van der Waals surface area contributed by atoms with E-state index in [1.807, 2.05) is 20.2 Å². The number of sulfonamides is 1. The van der Waals surface area contributed by atoms with Crippen molar-refractivity contribution in [3.63, 3.8) is 0 Å². The Bertz CT molecular complexity index is 971. The lowest BCUT2D eigenvalue weighted by molar-refractivity contribution is 0.0728. The molecular formula is C19H25N5O3S. The van der Waals surface area contributed by atoms with E-state index >= 15 is 0 Å². The SMILES string of the molecule is CN(C)C1CCN(S(=O)(=O)c2ccc3c(c2)CN(C(=O)c2ccn[nH]2)CC3)C1. The number of fused-ring (bicyclic) bond motifs is 1. The second kappa shape index (κ2) is 7.31. The van der Waals surface area contributed by atoms with Gasteiger partial charge in [-0.2, -0.15) is 9.40 Å². The lowest BCUT2D eigenvalue weighted by Crippen LogP contribution is -2.37. The van der Waals surface area contributed by atoms with Crippen molar-refractivity contribution >= 4 is 15.9 Å². The van der Waals surface area contributed by atoms with Gasteiger partial charge in [0.15, 0.2) is 0 Å². The van der Waals surface area contributed by atoms with Crippen molar-refractivity contribution in [2.45, 2.75) is 30.3 Å². The van der Waals surface area contributed by atoms with Gasteiger partial charge in [0.1, 0.15) is 5.69 Å². The van der Waals surface area contributed by atoms with Gasteiger partial charge in [0.2, 0.25) is 10.0 Å². The minimum Gasteiger partial charge on any atom is -0.333 e. The number of likely N-dealkylation sites (N-methyl/N-ethyl adjacent to an activating group) is 1. The van der Waals surface area contributed by atoms with Gasteiger partial charge in [0.05, 0.1) is 4.90 Å². The normalized spacial score (nSPS) is 20.5. The molecule has 1 aromatic carbocycles. The van der Waals surface area contributed by atoms with Gasteiger partial charge in [-0.25, -0.2) is 8.42 Å². The average Bonchev–Trinajstić information content (AvgIpc) is 3.38. The fourth-order valence-corrected chi connectivity index (χ4v) is 5.46. The number of aromatic nitrogens is 2. The number of carbonyl (C=O) groups excluding carboxylic acids is 1. The first-order chi connectivity index (χ1) is 13.4. The van der Waals surface area contributed by atoms with Crippen molar-refractivity contribution in [3.8, 4) is 0 Å². The van der Waals surface area contributed by atoms with Crippen LogP contribution >= 0.6 is 0 Å². The highest BCUT2D eigenvalue weighted by Crippen LogP contribution is 2.27. The van der Waals surface area contributed by atoms with Gasteiger partial charge in [-0.3, -0.25) is 9.89 Å². The van der Waals surface area contributed by atoms with Crippen molar-refractivity contribution in [1.82, 2.24) is 24.3 Å². The molecule has 1 amide bonds. The van der Waals surface area contributed by atoms with E-state index in [9.17, 15) is 13.2 Å². The molecule has 2 aliphatic heterocycles. The molecule has 1 unspecified atom stereocenters. The Kier molecular flexibility index (Phi) is 4.98. The number of benzene rings is 1. The van der Waals surface area contributed by atoms with Crippen molar-refractivity contribution in [2.24, 2.45) is 0 Å². The summed E-state index contributed by atoms with van der Waals surface area (Å²) in [4.78, 5) is 16.7. The number of carbonyl (C=O) groups is 1. The van der Waals surface area contributed by atoms with Crippen LogP contribution in [0, 0.1) is 0 Å². The summed E-state index contributed by atoms with van der Waals surface area (Å²) in [5.41, 5.74) is 2.43. The Morgan fingerprint density at radius 1 is 1.21 bits per heavy atom. The van der Waals surface area contributed by atoms with Crippen molar-refractivity contribution < 1.29 is 13.2 Å². The molecule has 28 heavy (non-hydrogen) atoms. The molecule has 8 nitrogen and oxygen atoms in total. The van der Waals surface area contributed by atoms with Gasteiger partial charge < -0.3 is 9.80 Å². The fraction of sp³-hybridized carbons (Fsp3) is 0.474. The lowest BCUT2D eigenvalue weighted by Gasteiger charge is -2.29. The van der Waals surface area contributed by atoms with E-state index in [2.05, 4.69) is 15.1 Å². The van der Waals surface area contributed by atoms with E-state index in [4.69, 9.17) is 0 Å². The van der Waals surface area contributed by atoms with Crippen LogP contribution in [0.5, 0.6) is 0 Å². The van der Waals surface area contributed by atoms with Crippen LogP contribution in [0.15, 0.2) is 35.4 Å². The third-order valence-corrected chi connectivity index (χ3v) is 7.56. The van der Waals surface area contributed by atoms with E-state index < -0.39 is 10.0 Å². The zero-order valence-corrected chi connectivity index (χ0v) is 16.9. The number of nitrogens with zero attached hydrogens (tertiary/aromatic N) is 4. The molecule has 4 rings (SSSR count). The molecule has 1 aromatic heterocycles. The Morgan fingerprint density at radius 2 is 2.04 bits per heavy atom.